The van der Waals surface area contributed by atoms with Gasteiger partial charge in [0.15, 0.2) is 0 Å². The molecule has 1 saturated heterocycles. The number of carbonyl (C=O) groups is 2. The van der Waals surface area contributed by atoms with Crippen molar-refractivity contribution in [3.8, 4) is 11.8 Å². The number of anilines is 2. The summed E-state index contributed by atoms with van der Waals surface area (Å²) in [4.78, 5) is 33.0. The number of amides is 2. The third-order valence-corrected chi connectivity index (χ3v) is 8.35. The van der Waals surface area contributed by atoms with Crippen molar-refractivity contribution in [2.75, 3.05) is 17.7 Å². The average molecular weight is 641 g/mol. The molecule has 5 rings (SSSR count). The summed E-state index contributed by atoms with van der Waals surface area (Å²) in [7, 11) is 1.43. The van der Waals surface area contributed by atoms with Gasteiger partial charge >= 0.3 is 0 Å². The molecule has 2 aromatic carbocycles. The van der Waals surface area contributed by atoms with Gasteiger partial charge in [-0.15, -0.1) is 0 Å². The van der Waals surface area contributed by atoms with Crippen LogP contribution in [0.4, 0.5) is 15.8 Å². The van der Waals surface area contributed by atoms with Crippen molar-refractivity contribution in [3.63, 3.8) is 0 Å². The molecule has 0 unspecified atom stereocenters. The smallest absolute Gasteiger partial charge is 0.242 e. The summed E-state index contributed by atoms with van der Waals surface area (Å²) in [5, 5.41) is 18.4. The van der Waals surface area contributed by atoms with Crippen LogP contribution in [-0.4, -0.2) is 36.0 Å². The van der Waals surface area contributed by atoms with E-state index in [-0.39, 0.29) is 27.7 Å². The molecule has 4 atom stereocenters. The van der Waals surface area contributed by atoms with Gasteiger partial charge in [0.1, 0.15) is 17.0 Å². The number of methoxy groups -OCH3 is 1. The minimum Gasteiger partial charge on any atom is -0.495 e. The van der Waals surface area contributed by atoms with Crippen molar-refractivity contribution in [1.82, 2.24) is 10.3 Å². The molecule has 8 nitrogen and oxygen atoms in total. The first-order chi connectivity index (χ1) is 19.4. The van der Waals surface area contributed by atoms with Gasteiger partial charge in [-0.1, -0.05) is 44.5 Å². The SMILES string of the molecule is COc1cc(C#N)ccc1NC(=O)[C@@H]1N[C@@H](CC(C)(C)C)[C@@]2(C(=O)Nc3cc(Br)cnc32)[C@H]1c1cccc(Cl)c1F. The quantitative estimate of drug-likeness (QED) is 0.320. The maximum Gasteiger partial charge on any atom is 0.242 e. The van der Waals surface area contributed by atoms with E-state index in [1.54, 1.807) is 36.5 Å². The molecule has 0 radical (unpaired) electrons. The first-order valence-electron chi connectivity index (χ1n) is 13.0. The van der Waals surface area contributed by atoms with E-state index < -0.39 is 35.1 Å². The number of rotatable bonds is 5. The average Bonchev–Trinajstić information content (AvgIpc) is 3.39. The molecule has 1 aromatic heterocycles. The summed E-state index contributed by atoms with van der Waals surface area (Å²) in [5.41, 5.74) is 0.0264. The zero-order chi connectivity index (χ0) is 29.7. The lowest BCUT2D eigenvalue weighted by Crippen LogP contribution is -2.50. The van der Waals surface area contributed by atoms with Gasteiger partial charge in [-0.2, -0.15) is 5.26 Å². The molecule has 3 aromatic rings. The number of carbonyl (C=O) groups excluding carboxylic acids is 2. The minimum absolute atomic E-state index is 0.118. The summed E-state index contributed by atoms with van der Waals surface area (Å²) in [6.07, 6.45) is 2.07. The molecule has 3 heterocycles. The lowest BCUT2D eigenvalue weighted by molar-refractivity contribution is -0.122. The van der Waals surface area contributed by atoms with Crippen LogP contribution in [0, 0.1) is 22.6 Å². The van der Waals surface area contributed by atoms with Crippen molar-refractivity contribution in [2.24, 2.45) is 5.41 Å². The topological polar surface area (TPSA) is 116 Å². The standard InChI is InChI=1S/C30H28BrClFN5O3/c1-29(2,3)12-22-30(26-20(37-28(30)40)11-16(31)14-35-26)23(17-6-5-7-18(32)24(17)33)25(38-22)27(39)36-19-9-8-15(13-34)10-21(19)41-4/h5-11,14,22-23,25,38H,12H2,1-4H3,(H,36,39)(H,37,40)/t22-,23-,25+,30+/m0/s1. The van der Waals surface area contributed by atoms with Crippen LogP contribution in [0.25, 0.3) is 0 Å². The highest BCUT2D eigenvalue weighted by Gasteiger charge is 2.67. The van der Waals surface area contributed by atoms with Crippen LogP contribution in [0.5, 0.6) is 5.75 Å². The Labute approximate surface area is 250 Å². The fourth-order valence-electron chi connectivity index (χ4n) is 6.05. The predicted molar refractivity (Wildman–Crippen MR) is 158 cm³/mol. The highest BCUT2D eigenvalue weighted by molar-refractivity contribution is 9.10. The number of pyridine rings is 1. The molecule has 212 valence electrons. The van der Waals surface area contributed by atoms with Crippen molar-refractivity contribution >= 4 is 50.7 Å². The summed E-state index contributed by atoms with van der Waals surface area (Å²) < 4.78 is 22.0. The highest BCUT2D eigenvalue weighted by atomic mass is 79.9. The molecule has 0 saturated carbocycles. The number of hydrogen-bond acceptors (Lipinski definition) is 6. The third-order valence-electron chi connectivity index (χ3n) is 7.63. The number of fused-ring (bicyclic) bond motifs is 2. The van der Waals surface area contributed by atoms with E-state index in [2.05, 4.69) is 36.9 Å². The Hall–Kier alpha value is -3.52. The number of nitriles is 1. The van der Waals surface area contributed by atoms with E-state index >= 15 is 4.39 Å². The number of aromatic nitrogens is 1. The van der Waals surface area contributed by atoms with Gasteiger partial charge in [0.2, 0.25) is 11.8 Å². The van der Waals surface area contributed by atoms with E-state index in [4.69, 9.17) is 16.3 Å². The molecule has 3 N–H and O–H groups in total. The fourth-order valence-corrected chi connectivity index (χ4v) is 6.57. The van der Waals surface area contributed by atoms with E-state index in [1.807, 2.05) is 26.8 Å². The first kappa shape index (κ1) is 29.0. The fraction of sp³-hybridized carbons (Fsp3) is 0.333. The van der Waals surface area contributed by atoms with Crippen LogP contribution in [0.1, 0.15) is 49.9 Å². The lowest BCUT2D eigenvalue weighted by Gasteiger charge is -2.37. The van der Waals surface area contributed by atoms with Crippen molar-refractivity contribution in [1.29, 1.82) is 5.26 Å². The molecule has 2 aliphatic rings. The highest BCUT2D eigenvalue weighted by Crippen LogP contribution is 2.56. The van der Waals surface area contributed by atoms with E-state index in [0.717, 1.165) is 0 Å². The Kier molecular flexibility index (Phi) is 7.57. The summed E-state index contributed by atoms with van der Waals surface area (Å²) in [6.45, 7) is 6.11. The summed E-state index contributed by atoms with van der Waals surface area (Å²) >= 11 is 9.67. The normalized spacial score (nSPS) is 23.2. The Balaban J connectivity index is 1.71. The molecule has 2 aliphatic heterocycles. The molecular weight excluding hydrogens is 613 g/mol. The maximum atomic E-state index is 15.9. The third kappa shape index (κ3) is 4.96. The zero-order valence-electron chi connectivity index (χ0n) is 22.8. The Morgan fingerprint density at radius 1 is 1.29 bits per heavy atom. The van der Waals surface area contributed by atoms with E-state index in [0.29, 0.717) is 33.5 Å². The molecule has 41 heavy (non-hydrogen) atoms. The second-order valence-corrected chi connectivity index (χ2v) is 12.8. The number of ether oxygens (including phenoxy) is 1. The molecule has 11 heteroatoms. The predicted octanol–water partition coefficient (Wildman–Crippen LogP) is 5.91. The molecule has 2 amide bonds. The van der Waals surface area contributed by atoms with Gasteiger partial charge in [0.25, 0.3) is 0 Å². The molecule has 1 spiro atoms. The van der Waals surface area contributed by atoms with Gasteiger partial charge in [-0.25, -0.2) is 4.39 Å². The van der Waals surface area contributed by atoms with Crippen LogP contribution >= 0.6 is 27.5 Å². The van der Waals surface area contributed by atoms with Gasteiger partial charge in [-0.3, -0.25) is 14.6 Å². The minimum atomic E-state index is -1.44. The van der Waals surface area contributed by atoms with Crippen molar-refractivity contribution < 1.29 is 18.7 Å². The molecule has 0 bridgehead atoms. The zero-order valence-corrected chi connectivity index (χ0v) is 25.2. The largest absolute Gasteiger partial charge is 0.495 e. The van der Waals surface area contributed by atoms with Crippen LogP contribution < -0.4 is 20.7 Å². The van der Waals surface area contributed by atoms with Crippen LogP contribution in [0.15, 0.2) is 53.1 Å². The first-order valence-corrected chi connectivity index (χ1v) is 14.1. The van der Waals surface area contributed by atoms with Crippen LogP contribution in [0.3, 0.4) is 0 Å². The van der Waals surface area contributed by atoms with Gasteiger partial charge in [0.05, 0.1) is 46.9 Å². The van der Waals surface area contributed by atoms with Gasteiger partial charge in [-0.05, 0) is 57.6 Å². The number of nitrogens with zero attached hydrogens (tertiary/aromatic N) is 2. The Morgan fingerprint density at radius 3 is 2.73 bits per heavy atom. The lowest BCUT2D eigenvalue weighted by atomic mass is 9.64. The van der Waals surface area contributed by atoms with Crippen molar-refractivity contribution in [2.45, 2.75) is 50.6 Å². The van der Waals surface area contributed by atoms with E-state index in [1.165, 1.54) is 19.2 Å². The van der Waals surface area contributed by atoms with Crippen LogP contribution in [-0.2, 0) is 15.0 Å². The number of hydrogen-bond donors (Lipinski definition) is 3. The molecular formula is C30H28BrClFN5O3. The maximum absolute atomic E-state index is 15.9. The number of benzene rings is 2. The van der Waals surface area contributed by atoms with Gasteiger partial charge < -0.3 is 20.7 Å². The summed E-state index contributed by atoms with van der Waals surface area (Å²) in [6, 6.07) is 11.4. The van der Waals surface area contributed by atoms with Gasteiger partial charge in [0, 0.05) is 28.7 Å². The Bertz CT molecular complexity index is 1600. The number of nitrogens with one attached hydrogen (secondary N) is 3. The number of halogens is 3. The van der Waals surface area contributed by atoms with E-state index in [9.17, 15) is 14.9 Å². The second kappa shape index (κ2) is 10.7. The molecule has 1 fully saturated rings. The van der Waals surface area contributed by atoms with Crippen LogP contribution in [0.2, 0.25) is 5.02 Å². The second-order valence-electron chi connectivity index (χ2n) is 11.5. The monoisotopic (exact) mass is 639 g/mol. The summed E-state index contributed by atoms with van der Waals surface area (Å²) in [5.74, 6) is -2.32. The molecule has 0 aliphatic carbocycles. The Morgan fingerprint density at radius 2 is 2.05 bits per heavy atom. The van der Waals surface area contributed by atoms with Crippen molar-refractivity contribution in [3.05, 3.63) is 80.8 Å².